The van der Waals surface area contributed by atoms with Gasteiger partial charge in [0.05, 0.1) is 5.69 Å². The van der Waals surface area contributed by atoms with Gasteiger partial charge in [-0.05, 0) is 12.0 Å². The van der Waals surface area contributed by atoms with Crippen LogP contribution in [-0.4, -0.2) is 9.97 Å². The third-order valence-corrected chi connectivity index (χ3v) is 4.05. The molecule has 0 saturated heterocycles. The third-order valence-electron chi connectivity index (χ3n) is 3.74. The first-order valence-electron chi connectivity index (χ1n) is 7.74. The van der Waals surface area contributed by atoms with E-state index in [9.17, 15) is 0 Å². The number of halogens is 2. The van der Waals surface area contributed by atoms with Crippen molar-refractivity contribution in [1.82, 2.24) is 9.97 Å². The zero-order valence-corrected chi connectivity index (χ0v) is 15.1. The Hall–Kier alpha value is -1.22. The summed E-state index contributed by atoms with van der Waals surface area (Å²) < 4.78 is 15.0. The van der Waals surface area contributed by atoms with Crippen LogP contribution in [0, 0.1) is 5.82 Å². The Kier molecular flexibility index (Phi) is 4.49. The second-order valence-corrected chi connectivity index (χ2v) is 7.88. The minimum absolute atomic E-state index is 0.00690. The monoisotopic (exact) mass is 322 g/mol. The van der Waals surface area contributed by atoms with Crippen molar-refractivity contribution in [2.45, 2.75) is 65.7 Å². The molecular formula is C18H24ClFN2. The maximum Gasteiger partial charge on any atom is 0.154 e. The molecule has 1 aromatic heterocycles. The van der Waals surface area contributed by atoms with Crippen LogP contribution in [0.4, 0.5) is 4.39 Å². The average molecular weight is 323 g/mol. The maximum absolute atomic E-state index is 15.0. The van der Waals surface area contributed by atoms with E-state index in [0.29, 0.717) is 27.3 Å². The number of rotatable bonds is 2. The van der Waals surface area contributed by atoms with Gasteiger partial charge in [-0.3, -0.25) is 0 Å². The van der Waals surface area contributed by atoms with Gasteiger partial charge in [0.15, 0.2) is 5.82 Å². The van der Waals surface area contributed by atoms with Gasteiger partial charge in [0.25, 0.3) is 0 Å². The van der Waals surface area contributed by atoms with Gasteiger partial charge in [-0.25, -0.2) is 14.4 Å². The number of hydrogen-bond donors (Lipinski definition) is 0. The molecule has 0 amide bonds. The highest BCUT2D eigenvalue weighted by atomic mass is 35.5. The van der Waals surface area contributed by atoms with Gasteiger partial charge in [0.2, 0.25) is 0 Å². The van der Waals surface area contributed by atoms with E-state index in [1.54, 1.807) is 0 Å². The van der Waals surface area contributed by atoms with Crippen molar-refractivity contribution in [3.05, 3.63) is 34.0 Å². The van der Waals surface area contributed by atoms with Crippen molar-refractivity contribution in [3.8, 4) is 0 Å². The Morgan fingerprint density at radius 3 is 2.09 bits per heavy atom. The summed E-state index contributed by atoms with van der Waals surface area (Å²) in [6, 6.07) is 1.82. The molecule has 0 N–H and O–H groups in total. The smallest absolute Gasteiger partial charge is 0.154 e. The summed E-state index contributed by atoms with van der Waals surface area (Å²) in [7, 11) is 0. The van der Waals surface area contributed by atoms with Crippen molar-refractivity contribution < 1.29 is 4.39 Å². The van der Waals surface area contributed by atoms with E-state index in [1.807, 2.05) is 33.8 Å². The highest BCUT2D eigenvalue weighted by Crippen LogP contribution is 2.36. The van der Waals surface area contributed by atoms with E-state index < -0.39 is 0 Å². The summed E-state index contributed by atoms with van der Waals surface area (Å²) >= 11 is 6.33. The number of nitrogens with zero attached hydrogens (tertiary/aromatic N) is 2. The van der Waals surface area contributed by atoms with E-state index in [1.165, 1.54) is 0 Å². The lowest BCUT2D eigenvalue weighted by atomic mass is 9.88. The molecule has 0 spiro atoms. The topological polar surface area (TPSA) is 25.8 Å². The van der Waals surface area contributed by atoms with Crippen LogP contribution in [0.3, 0.4) is 0 Å². The van der Waals surface area contributed by atoms with Crippen molar-refractivity contribution in [3.63, 3.8) is 0 Å². The molecule has 120 valence electrons. The molecule has 22 heavy (non-hydrogen) atoms. The normalized spacial score (nSPS) is 12.7. The number of benzene rings is 1. The van der Waals surface area contributed by atoms with E-state index >= 15 is 4.39 Å². The van der Waals surface area contributed by atoms with E-state index in [0.717, 1.165) is 5.69 Å². The molecule has 1 heterocycles. The predicted molar refractivity (Wildman–Crippen MR) is 91.4 cm³/mol. The Bertz CT molecular complexity index is 715. The fourth-order valence-electron chi connectivity index (χ4n) is 2.59. The molecule has 0 atom stereocenters. The largest absolute Gasteiger partial charge is 0.236 e. The summed E-state index contributed by atoms with van der Waals surface area (Å²) in [6.07, 6.45) is 0. The molecule has 0 unspecified atom stereocenters. The van der Waals surface area contributed by atoms with E-state index in [-0.39, 0.29) is 23.1 Å². The van der Waals surface area contributed by atoms with Gasteiger partial charge in [-0.1, -0.05) is 60.1 Å². The van der Waals surface area contributed by atoms with Gasteiger partial charge in [0.1, 0.15) is 11.3 Å². The molecule has 0 bridgehead atoms. The Balaban J connectivity index is 2.96. The van der Waals surface area contributed by atoms with Crippen molar-refractivity contribution in [2.24, 2.45) is 0 Å². The van der Waals surface area contributed by atoms with Gasteiger partial charge in [-0.2, -0.15) is 0 Å². The third kappa shape index (κ3) is 2.96. The van der Waals surface area contributed by atoms with E-state index in [4.69, 9.17) is 16.6 Å². The first-order chi connectivity index (χ1) is 10.0. The van der Waals surface area contributed by atoms with Crippen LogP contribution in [0.25, 0.3) is 10.9 Å². The minimum atomic E-state index is -0.313. The zero-order chi connectivity index (χ0) is 16.8. The second kappa shape index (κ2) is 5.77. The zero-order valence-electron chi connectivity index (χ0n) is 14.4. The van der Waals surface area contributed by atoms with Crippen LogP contribution >= 0.6 is 11.6 Å². The summed E-state index contributed by atoms with van der Waals surface area (Å²) in [5, 5.41) is 1.16. The first kappa shape index (κ1) is 17.1. The van der Waals surface area contributed by atoms with Crippen molar-refractivity contribution in [1.29, 1.82) is 0 Å². The molecule has 2 nitrogen and oxygen atoms in total. The Morgan fingerprint density at radius 1 is 1.05 bits per heavy atom. The fourth-order valence-corrected chi connectivity index (χ4v) is 3.00. The van der Waals surface area contributed by atoms with Gasteiger partial charge >= 0.3 is 0 Å². The molecular weight excluding hydrogens is 299 g/mol. The van der Waals surface area contributed by atoms with Crippen LogP contribution < -0.4 is 0 Å². The minimum Gasteiger partial charge on any atom is -0.236 e. The van der Waals surface area contributed by atoms with Crippen molar-refractivity contribution in [2.75, 3.05) is 0 Å². The Labute approximate surface area is 137 Å². The molecule has 0 radical (unpaired) electrons. The summed E-state index contributed by atoms with van der Waals surface area (Å²) in [6.45, 7) is 14.1. The fraction of sp³-hybridized carbons (Fsp3) is 0.556. The van der Waals surface area contributed by atoms with Crippen LogP contribution in [0.15, 0.2) is 6.07 Å². The summed E-state index contributed by atoms with van der Waals surface area (Å²) in [4.78, 5) is 9.18. The molecule has 0 aliphatic heterocycles. The predicted octanol–water partition coefficient (Wildman–Crippen LogP) is 5.97. The molecule has 1 aromatic carbocycles. The highest BCUT2D eigenvalue weighted by Gasteiger charge is 2.25. The van der Waals surface area contributed by atoms with E-state index in [2.05, 4.69) is 25.8 Å². The first-order valence-corrected chi connectivity index (χ1v) is 8.11. The lowest BCUT2D eigenvalue weighted by molar-refractivity contribution is 0.563. The van der Waals surface area contributed by atoms with Gasteiger partial charge < -0.3 is 0 Å². The molecule has 0 saturated carbocycles. The molecule has 0 aliphatic carbocycles. The van der Waals surface area contributed by atoms with Crippen molar-refractivity contribution >= 4 is 22.5 Å². The average Bonchev–Trinajstić information content (AvgIpc) is 2.35. The number of hydrogen-bond acceptors (Lipinski definition) is 2. The lowest BCUT2D eigenvalue weighted by Crippen LogP contribution is -2.17. The number of aromatic nitrogens is 2. The standard InChI is InChI=1S/C18H24ClFN2/c1-9(2)13-12(19)8-11-15(14(13)20)21-17(10(3)4)22-16(11)18(5,6)7/h8-10H,1-7H3. The number of fused-ring (bicyclic) bond motifs is 1. The van der Waals surface area contributed by atoms with Crippen LogP contribution in [0.5, 0.6) is 0 Å². The van der Waals surface area contributed by atoms with Gasteiger partial charge in [-0.15, -0.1) is 0 Å². The molecule has 0 fully saturated rings. The molecule has 0 aliphatic rings. The summed E-state index contributed by atoms with van der Waals surface area (Å²) in [5.41, 5.74) is 1.55. The maximum atomic E-state index is 15.0. The summed E-state index contributed by atoms with van der Waals surface area (Å²) in [5.74, 6) is 0.510. The van der Waals surface area contributed by atoms with Crippen LogP contribution in [-0.2, 0) is 5.41 Å². The van der Waals surface area contributed by atoms with Gasteiger partial charge in [0, 0.05) is 27.3 Å². The Morgan fingerprint density at radius 2 is 1.64 bits per heavy atom. The highest BCUT2D eigenvalue weighted by molar-refractivity contribution is 6.32. The lowest BCUT2D eigenvalue weighted by Gasteiger charge is -2.23. The molecule has 4 heteroatoms. The molecule has 2 aromatic rings. The quantitative estimate of drug-likeness (QED) is 0.681. The SMILES string of the molecule is CC(C)c1nc(C(C)(C)C)c2cc(Cl)c(C(C)C)c(F)c2n1. The second-order valence-electron chi connectivity index (χ2n) is 7.47. The van der Waals surface area contributed by atoms with Crippen LogP contribution in [0.2, 0.25) is 5.02 Å². The van der Waals surface area contributed by atoms with Crippen LogP contribution in [0.1, 0.15) is 77.4 Å². The molecule has 2 rings (SSSR count).